The fraction of sp³-hybridized carbons (Fsp3) is 0.211. The lowest BCUT2D eigenvalue weighted by Crippen LogP contribution is -2.80. The van der Waals surface area contributed by atoms with E-state index in [1.54, 1.807) is 0 Å². The van der Waals surface area contributed by atoms with Crippen LogP contribution in [0.5, 0.6) is 23.0 Å². The van der Waals surface area contributed by atoms with Gasteiger partial charge in [0.1, 0.15) is 18.8 Å². The first-order valence-corrected chi connectivity index (χ1v) is 8.41. The van der Waals surface area contributed by atoms with E-state index in [-0.39, 0.29) is 6.79 Å². The van der Waals surface area contributed by atoms with E-state index in [0.717, 1.165) is 46.6 Å². The quantitative estimate of drug-likeness (QED) is 0.756. The van der Waals surface area contributed by atoms with Crippen molar-refractivity contribution < 1.29 is 28.8 Å². The molecular weight excluding hydrogens is 336 g/mol. The van der Waals surface area contributed by atoms with Crippen molar-refractivity contribution in [1.29, 1.82) is 0 Å². The van der Waals surface area contributed by atoms with Crippen molar-refractivity contribution in [3.8, 4) is 34.3 Å². The minimum atomic E-state index is 0.262. The molecule has 7 nitrogen and oxygen atoms in total. The fourth-order valence-electron chi connectivity index (χ4n) is 3.05. The van der Waals surface area contributed by atoms with E-state index in [1.807, 2.05) is 42.5 Å². The zero-order valence-corrected chi connectivity index (χ0v) is 13.9. The number of hydrogen-bond acceptors (Lipinski definition) is 6. The minimum Gasteiger partial charge on any atom is -0.454 e. The van der Waals surface area contributed by atoms with Crippen molar-refractivity contribution in [3.63, 3.8) is 0 Å². The molecule has 0 bridgehead atoms. The number of aromatic nitrogens is 1. The molecular formula is C19H17N2O5+. The van der Waals surface area contributed by atoms with Crippen molar-refractivity contribution in [2.75, 3.05) is 13.6 Å². The summed E-state index contributed by atoms with van der Waals surface area (Å²) in [5.41, 5.74) is 2.90. The van der Waals surface area contributed by atoms with Crippen LogP contribution in [0, 0.1) is 0 Å². The van der Waals surface area contributed by atoms with E-state index >= 15 is 0 Å². The Hall–Kier alpha value is -3.19. The average Bonchev–Trinajstić information content (AvgIpc) is 3.40. The Morgan fingerprint density at radius 3 is 2.35 bits per heavy atom. The van der Waals surface area contributed by atoms with Crippen LogP contribution in [0.1, 0.15) is 11.3 Å². The molecule has 26 heavy (non-hydrogen) atoms. The molecule has 132 valence electrons. The van der Waals surface area contributed by atoms with Crippen LogP contribution in [-0.2, 0) is 13.1 Å². The number of quaternary nitrogens is 1. The first kappa shape index (κ1) is 15.1. The van der Waals surface area contributed by atoms with Gasteiger partial charge >= 0.3 is 0 Å². The van der Waals surface area contributed by atoms with Gasteiger partial charge in [0, 0.05) is 17.2 Å². The molecule has 0 spiro atoms. The molecule has 0 saturated heterocycles. The van der Waals surface area contributed by atoms with Crippen LogP contribution in [0.15, 0.2) is 47.0 Å². The summed E-state index contributed by atoms with van der Waals surface area (Å²) in [5.74, 6) is 3.92. The summed E-state index contributed by atoms with van der Waals surface area (Å²) in [4.78, 5) is 0. The highest BCUT2D eigenvalue weighted by Crippen LogP contribution is 2.35. The lowest BCUT2D eigenvalue weighted by Gasteiger charge is -2.01. The first-order chi connectivity index (χ1) is 12.8. The molecule has 7 heteroatoms. The maximum Gasteiger partial charge on any atom is 0.231 e. The van der Waals surface area contributed by atoms with Crippen molar-refractivity contribution in [1.82, 2.24) is 5.16 Å². The van der Waals surface area contributed by atoms with Gasteiger partial charge in [-0.05, 0) is 36.4 Å². The molecule has 3 heterocycles. The van der Waals surface area contributed by atoms with Gasteiger partial charge in [-0.2, -0.15) is 0 Å². The van der Waals surface area contributed by atoms with E-state index < -0.39 is 0 Å². The molecule has 3 aromatic rings. The Morgan fingerprint density at radius 1 is 0.769 bits per heavy atom. The zero-order valence-electron chi connectivity index (χ0n) is 13.9. The fourth-order valence-corrected chi connectivity index (χ4v) is 3.05. The van der Waals surface area contributed by atoms with Gasteiger partial charge in [-0.25, -0.2) is 0 Å². The summed E-state index contributed by atoms with van der Waals surface area (Å²) < 4.78 is 26.9. The molecule has 2 aliphatic rings. The number of nitrogens with two attached hydrogens (primary N) is 1. The van der Waals surface area contributed by atoms with E-state index in [1.165, 1.54) is 5.56 Å². The zero-order chi connectivity index (χ0) is 17.3. The van der Waals surface area contributed by atoms with Gasteiger partial charge in [-0.15, -0.1) is 0 Å². The maximum atomic E-state index is 5.45. The van der Waals surface area contributed by atoms with Crippen LogP contribution in [0.25, 0.3) is 11.3 Å². The molecule has 2 aromatic carbocycles. The van der Waals surface area contributed by atoms with Crippen molar-refractivity contribution in [2.45, 2.75) is 13.1 Å². The topological polar surface area (TPSA) is 79.6 Å². The Labute approximate surface area is 149 Å². The Balaban J connectivity index is 1.22. The molecule has 0 amide bonds. The molecule has 0 saturated carbocycles. The highest BCUT2D eigenvalue weighted by atomic mass is 16.7. The van der Waals surface area contributed by atoms with E-state index in [4.69, 9.17) is 23.5 Å². The number of hydrogen-bond donors (Lipinski definition) is 1. The van der Waals surface area contributed by atoms with Crippen LogP contribution < -0.4 is 24.3 Å². The van der Waals surface area contributed by atoms with Gasteiger partial charge in [0.25, 0.3) is 0 Å². The van der Waals surface area contributed by atoms with Gasteiger partial charge < -0.3 is 28.8 Å². The molecule has 0 radical (unpaired) electrons. The van der Waals surface area contributed by atoms with Crippen molar-refractivity contribution in [2.24, 2.45) is 0 Å². The largest absolute Gasteiger partial charge is 0.454 e. The SMILES string of the molecule is c1cc2c(cc1C[NH2+]Cc1cc(-c3ccc4c(c3)OCO4)no1)OCO2. The second-order valence-corrected chi connectivity index (χ2v) is 6.13. The predicted octanol–water partition coefficient (Wildman–Crippen LogP) is 2.06. The third-order valence-corrected chi connectivity index (χ3v) is 4.39. The molecule has 0 fully saturated rings. The van der Waals surface area contributed by atoms with Crippen LogP contribution in [-0.4, -0.2) is 18.7 Å². The Bertz CT molecular complexity index is 953. The normalized spacial score (nSPS) is 14.0. The van der Waals surface area contributed by atoms with E-state index in [9.17, 15) is 0 Å². The Morgan fingerprint density at radius 2 is 1.50 bits per heavy atom. The van der Waals surface area contributed by atoms with Gasteiger partial charge in [0.15, 0.2) is 28.8 Å². The van der Waals surface area contributed by atoms with Gasteiger partial charge in [-0.3, -0.25) is 0 Å². The summed E-state index contributed by atoms with van der Waals surface area (Å²) in [6, 6.07) is 13.7. The smallest absolute Gasteiger partial charge is 0.231 e. The van der Waals surface area contributed by atoms with Gasteiger partial charge in [-0.1, -0.05) is 5.16 Å². The molecule has 2 aliphatic heterocycles. The summed E-state index contributed by atoms with van der Waals surface area (Å²) in [6.07, 6.45) is 0. The lowest BCUT2D eigenvalue weighted by atomic mass is 10.1. The number of benzene rings is 2. The second kappa shape index (κ2) is 6.27. The molecule has 2 N–H and O–H groups in total. The molecule has 0 unspecified atom stereocenters. The number of ether oxygens (including phenoxy) is 4. The van der Waals surface area contributed by atoms with Crippen LogP contribution in [0.2, 0.25) is 0 Å². The number of nitrogens with zero attached hydrogens (tertiary/aromatic N) is 1. The predicted molar refractivity (Wildman–Crippen MR) is 90.0 cm³/mol. The summed E-state index contributed by atoms with van der Waals surface area (Å²) >= 11 is 0. The van der Waals surface area contributed by atoms with E-state index in [0.29, 0.717) is 13.3 Å². The third kappa shape index (κ3) is 2.82. The van der Waals surface area contributed by atoms with Crippen molar-refractivity contribution >= 4 is 0 Å². The monoisotopic (exact) mass is 353 g/mol. The highest BCUT2D eigenvalue weighted by molar-refractivity contribution is 5.64. The first-order valence-electron chi connectivity index (χ1n) is 8.41. The van der Waals surface area contributed by atoms with Crippen molar-refractivity contribution in [3.05, 3.63) is 53.8 Å². The number of fused-ring (bicyclic) bond motifs is 2. The highest BCUT2D eigenvalue weighted by Gasteiger charge is 2.16. The summed E-state index contributed by atoms with van der Waals surface area (Å²) in [7, 11) is 0. The molecule has 5 rings (SSSR count). The summed E-state index contributed by atoms with van der Waals surface area (Å²) in [6.45, 7) is 2.07. The number of rotatable bonds is 5. The van der Waals surface area contributed by atoms with Gasteiger partial charge in [0.05, 0.1) is 0 Å². The van der Waals surface area contributed by atoms with Gasteiger partial charge in [0.2, 0.25) is 13.6 Å². The average molecular weight is 353 g/mol. The third-order valence-electron chi connectivity index (χ3n) is 4.39. The minimum absolute atomic E-state index is 0.262. The second-order valence-electron chi connectivity index (χ2n) is 6.13. The Kier molecular flexibility index (Phi) is 3.64. The van der Waals surface area contributed by atoms with E-state index in [2.05, 4.69) is 10.5 Å². The standard InChI is InChI=1S/C19H16N2O5/c1-3-16-18(24-10-22-16)5-12(1)8-20-9-14-7-15(21-26-14)13-2-4-17-19(6-13)25-11-23-17/h1-7,20H,8-11H2/p+1. The van der Waals surface area contributed by atoms with Crippen LogP contribution >= 0.6 is 0 Å². The lowest BCUT2D eigenvalue weighted by molar-refractivity contribution is -0.688. The molecule has 1 aromatic heterocycles. The van der Waals surface area contributed by atoms with Crippen LogP contribution in [0.4, 0.5) is 0 Å². The molecule has 0 atom stereocenters. The summed E-state index contributed by atoms with van der Waals surface area (Å²) in [5, 5.41) is 6.31. The molecule has 0 aliphatic carbocycles. The maximum absolute atomic E-state index is 5.45. The van der Waals surface area contributed by atoms with Crippen LogP contribution in [0.3, 0.4) is 0 Å².